The van der Waals surface area contributed by atoms with Crippen LogP contribution in [0.3, 0.4) is 0 Å². The number of hydrogen-bond acceptors (Lipinski definition) is 3. The number of carbonyl (C=O) groups excluding carboxylic acids is 2. The Bertz CT molecular complexity index is 448. The number of nitrogens with zero attached hydrogens (tertiary/aromatic N) is 1. The molecule has 5 nitrogen and oxygen atoms in total. The maximum Gasteiger partial charge on any atom is 0.239 e. The van der Waals surface area contributed by atoms with Crippen molar-refractivity contribution >= 4 is 11.8 Å². The van der Waals surface area contributed by atoms with E-state index in [1.807, 2.05) is 30.3 Å². The molecule has 1 heterocycles. The highest BCUT2D eigenvalue weighted by Gasteiger charge is 2.18. The molecule has 0 aromatic heterocycles. The van der Waals surface area contributed by atoms with Gasteiger partial charge in [0.15, 0.2) is 0 Å². The van der Waals surface area contributed by atoms with E-state index < -0.39 is 0 Å². The number of nitrogens with one attached hydrogen (secondary N) is 1. The fourth-order valence-electron chi connectivity index (χ4n) is 2.11. The third-order valence-corrected chi connectivity index (χ3v) is 3.16. The first-order valence-electron chi connectivity index (χ1n) is 6.98. The van der Waals surface area contributed by atoms with Crippen molar-refractivity contribution in [2.75, 3.05) is 26.2 Å². The summed E-state index contributed by atoms with van der Waals surface area (Å²) < 4.78 is 5.54. The van der Waals surface area contributed by atoms with Crippen molar-refractivity contribution in [1.29, 1.82) is 0 Å². The number of ether oxygens (including phenoxy) is 1. The second-order valence-corrected chi connectivity index (χ2v) is 4.78. The number of amides is 2. The number of rotatable bonds is 5. The molecule has 0 saturated carbocycles. The van der Waals surface area contributed by atoms with E-state index in [1.54, 1.807) is 4.90 Å². The Balaban J connectivity index is 1.68. The molecule has 2 amide bonds. The van der Waals surface area contributed by atoms with Gasteiger partial charge in [0, 0.05) is 19.5 Å². The molecule has 5 heteroatoms. The van der Waals surface area contributed by atoms with E-state index in [9.17, 15) is 9.59 Å². The molecule has 20 heavy (non-hydrogen) atoms. The topological polar surface area (TPSA) is 58.6 Å². The summed E-state index contributed by atoms with van der Waals surface area (Å²) in [6.07, 6.45) is 1.89. The highest BCUT2D eigenvalue weighted by molar-refractivity contribution is 5.85. The van der Waals surface area contributed by atoms with Crippen molar-refractivity contribution < 1.29 is 14.3 Å². The van der Waals surface area contributed by atoms with Crippen LogP contribution in [-0.2, 0) is 9.59 Å². The monoisotopic (exact) mass is 276 g/mol. The van der Waals surface area contributed by atoms with Crippen molar-refractivity contribution in [3.63, 3.8) is 0 Å². The van der Waals surface area contributed by atoms with Gasteiger partial charge in [0.1, 0.15) is 5.75 Å². The molecule has 1 N–H and O–H groups in total. The third-order valence-electron chi connectivity index (χ3n) is 3.16. The fourth-order valence-corrected chi connectivity index (χ4v) is 2.11. The SMILES string of the molecule is O=C1CN(C(=O)CCCOc2ccccc2)CCCN1. The number of benzene rings is 1. The van der Waals surface area contributed by atoms with Gasteiger partial charge >= 0.3 is 0 Å². The van der Waals surface area contributed by atoms with Gasteiger partial charge in [-0.05, 0) is 25.0 Å². The minimum absolute atomic E-state index is 0.0266. The van der Waals surface area contributed by atoms with Crippen LogP contribution in [0.25, 0.3) is 0 Å². The Kier molecular flexibility index (Phi) is 5.41. The van der Waals surface area contributed by atoms with Crippen LogP contribution >= 0.6 is 0 Å². The van der Waals surface area contributed by atoms with E-state index >= 15 is 0 Å². The quantitative estimate of drug-likeness (QED) is 0.822. The average molecular weight is 276 g/mol. The van der Waals surface area contributed by atoms with E-state index in [-0.39, 0.29) is 18.4 Å². The molecule has 1 aliphatic rings. The average Bonchev–Trinajstić information content (AvgIpc) is 2.69. The van der Waals surface area contributed by atoms with Crippen LogP contribution in [-0.4, -0.2) is 43.0 Å². The van der Waals surface area contributed by atoms with Crippen molar-refractivity contribution in [1.82, 2.24) is 10.2 Å². The Labute approximate surface area is 118 Å². The summed E-state index contributed by atoms with van der Waals surface area (Å²) in [6, 6.07) is 9.54. The zero-order chi connectivity index (χ0) is 14.2. The van der Waals surface area contributed by atoms with Crippen molar-refractivity contribution in [2.24, 2.45) is 0 Å². The van der Waals surface area contributed by atoms with Gasteiger partial charge in [-0.2, -0.15) is 0 Å². The molecular weight excluding hydrogens is 256 g/mol. The van der Waals surface area contributed by atoms with Crippen LogP contribution in [0, 0.1) is 0 Å². The molecule has 1 aromatic rings. The lowest BCUT2D eigenvalue weighted by atomic mass is 10.2. The predicted octanol–water partition coefficient (Wildman–Crippen LogP) is 1.19. The third kappa shape index (κ3) is 4.57. The van der Waals surface area contributed by atoms with Crippen LogP contribution in [0.2, 0.25) is 0 Å². The van der Waals surface area contributed by atoms with Crippen LogP contribution in [0.4, 0.5) is 0 Å². The summed E-state index contributed by atoms with van der Waals surface area (Å²) in [5.74, 6) is 0.768. The Hall–Kier alpha value is -2.04. The van der Waals surface area contributed by atoms with E-state index in [1.165, 1.54) is 0 Å². The summed E-state index contributed by atoms with van der Waals surface area (Å²) in [5, 5.41) is 2.76. The standard InChI is InChI=1S/C15H20N2O3/c18-14-12-17(10-5-9-16-14)15(19)8-4-11-20-13-6-2-1-3-7-13/h1-3,6-7H,4-5,8-12H2,(H,16,18). The van der Waals surface area contributed by atoms with Crippen LogP contribution in [0.5, 0.6) is 5.75 Å². The van der Waals surface area contributed by atoms with Crippen LogP contribution < -0.4 is 10.1 Å². The maximum atomic E-state index is 12.0. The summed E-state index contributed by atoms with van der Waals surface area (Å²) in [5.41, 5.74) is 0. The van der Waals surface area contributed by atoms with Gasteiger partial charge in [-0.25, -0.2) is 0 Å². The van der Waals surface area contributed by atoms with Gasteiger partial charge in [-0.1, -0.05) is 18.2 Å². The van der Waals surface area contributed by atoms with Gasteiger partial charge in [-0.3, -0.25) is 9.59 Å². The van der Waals surface area contributed by atoms with Crippen molar-refractivity contribution in [3.8, 4) is 5.75 Å². The highest BCUT2D eigenvalue weighted by atomic mass is 16.5. The molecule has 1 aliphatic heterocycles. The molecule has 1 fully saturated rings. The number of carbonyl (C=O) groups is 2. The van der Waals surface area contributed by atoms with E-state index in [0.29, 0.717) is 32.5 Å². The Morgan fingerprint density at radius 1 is 1.30 bits per heavy atom. The van der Waals surface area contributed by atoms with Crippen molar-refractivity contribution in [2.45, 2.75) is 19.3 Å². The van der Waals surface area contributed by atoms with Gasteiger partial charge in [-0.15, -0.1) is 0 Å². The second kappa shape index (κ2) is 7.53. The molecule has 1 saturated heterocycles. The minimum atomic E-state index is -0.0728. The van der Waals surface area contributed by atoms with Crippen LogP contribution in [0.15, 0.2) is 30.3 Å². The van der Waals surface area contributed by atoms with Gasteiger partial charge in [0.05, 0.1) is 13.2 Å². The normalized spacial score (nSPS) is 15.4. The zero-order valence-corrected chi connectivity index (χ0v) is 11.5. The highest BCUT2D eigenvalue weighted by Crippen LogP contribution is 2.09. The largest absolute Gasteiger partial charge is 0.494 e. The molecule has 1 aromatic carbocycles. The lowest BCUT2D eigenvalue weighted by molar-refractivity contribution is -0.135. The van der Waals surface area contributed by atoms with E-state index in [0.717, 1.165) is 12.2 Å². The second-order valence-electron chi connectivity index (χ2n) is 4.78. The molecule has 108 valence electrons. The number of hydrogen-bond donors (Lipinski definition) is 1. The summed E-state index contributed by atoms with van der Waals surface area (Å²) in [7, 11) is 0. The molecule has 0 spiro atoms. The zero-order valence-electron chi connectivity index (χ0n) is 11.5. The smallest absolute Gasteiger partial charge is 0.239 e. The first-order valence-corrected chi connectivity index (χ1v) is 6.98. The van der Waals surface area contributed by atoms with Gasteiger partial charge in [0.2, 0.25) is 11.8 Å². The molecule has 0 bridgehead atoms. The molecule has 0 unspecified atom stereocenters. The first kappa shape index (κ1) is 14.4. The summed E-state index contributed by atoms with van der Waals surface area (Å²) in [4.78, 5) is 25.0. The lowest BCUT2D eigenvalue weighted by Gasteiger charge is -2.18. The first-order chi connectivity index (χ1) is 9.75. The molecular formula is C15H20N2O3. The maximum absolute atomic E-state index is 12.0. The summed E-state index contributed by atoms with van der Waals surface area (Å²) in [6.45, 7) is 1.99. The fraction of sp³-hybridized carbons (Fsp3) is 0.467. The Morgan fingerprint density at radius 3 is 2.90 bits per heavy atom. The summed E-state index contributed by atoms with van der Waals surface area (Å²) >= 11 is 0. The van der Waals surface area contributed by atoms with Crippen LogP contribution in [0.1, 0.15) is 19.3 Å². The van der Waals surface area contributed by atoms with E-state index in [2.05, 4.69) is 5.32 Å². The Morgan fingerprint density at radius 2 is 2.10 bits per heavy atom. The molecule has 2 rings (SSSR count). The molecule has 0 aliphatic carbocycles. The van der Waals surface area contributed by atoms with Gasteiger partial charge < -0.3 is 15.0 Å². The predicted molar refractivity (Wildman–Crippen MR) is 75.4 cm³/mol. The molecule has 0 radical (unpaired) electrons. The number of para-hydroxylation sites is 1. The van der Waals surface area contributed by atoms with Crippen molar-refractivity contribution in [3.05, 3.63) is 30.3 Å². The lowest BCUT2D eigenvalue weighted by Crippen LogP contribution is -2.37. The van der Waals surface area contributed by atoms with E-state index in [4.69, 9.17) is 4.74 Å². The molecule has 0 atom stereocenters. The minimum Gasteiger partial charge on any atom is -0.494 e. The van der Waals surface area contributed by atoms with Gasteiger partial charge in [0.25, 0.3) is 0 Å².